The monoisotopic (exact) mass is 637 g/mol. The van der Waals surface area contributed by atoms with Crippen molar-refractivity contribution in [3.63, 3.8) is 0 Å². The van der Waals surface area contributed by atoms with Gasteiger partial charge in [-0.2, -0.15) is 0 Å². The van der Waals surface area contributed by atoms with Crippen molar-refractivity contribution < 1.29 is 8.78 Å². The third kappa shape index (κ3) is 11.6. The molecular formula is C39H61F2N5. The molecule has 0 bridgehead atoms. The molecule has 2 aliphatic heterocycles. The molecule has 0 unspecified atom stereocenters. The Hall–Kier alpha value is -3.03. The Kier molecular flexibility index (Phi) is 17.2. The smallest absolute Gasteiger partial charge is 0.131 e. The maximum Gasteiger partial charge on any atom is 0.131 e. The van der Waals surface area contributed by atoms with Gasteiger partial charge in [-0.1, -0.05) is 58.9 Å². The Balaban J connectivity index is 0.00000177. The lowest BCUT2D eigenvalue weighted by atomic mass is 10.0. The molecule has 5 nitrogen and oxygen atoms in total. The predicted octanol–water partition coefficient (Wildman–Crippen LogP) is 9.30. The molecular weight excluding hydrogens is 576 g/mol. The van der Waals surface area contributed by atoms with Crippen LogP contribution < -0.4 is 10.2 Å². The van der Waals surface area contributed by atoms with Gasteiger partial charge in [0.15, 0.2) is 0 Å². The first kappa shape index (κ1) is 39.1. The second-order valence-corrected chi connectivity index (χ2v) is 12.1. The standard InChI is InChI=1S/C35H49F2N5.2C2H6/c1-7-8-34(38-22-30-10-9-25(2)26(3)19-30)31-20-27(4)35(39-23-31)42-17-15-41(16-18-42)32-11-13-40(14-12-32)24-28(5)33(37)21-29(6)36;2*1-2/h8-10,19-21,23,32,38H,7,11-18,22,24H2,1-6H3;2*1-2H3/b29-21+,33-28-,34-8+;;. The molecule has 1 aromatic heterocycles. The highest BCUT2D eigenvalue weighted by Crippen LogP contribution is 2.25. The molecule has 3 heterocycles. The molecule has 0 aliphatic carbocycles. The minimum atomic E-state index is -0.495. The van der Waals surface area contributed by atoms with Gasteiger partial charge in [-0.3, -0.25) is 9.80 Å². The van der Waals surface area contributed by atoms with Crippen LogP contribution in [-0.4, -0.2) is 66.6 Å². The first-order chi connectivity index (χ1) is 22.1. The van der Waals surface area contributed by atoms with Crippen molar-refractivity contribution in [3.8, 4) is 0 Å². The van der Waals surface area contributed by atoms with E-state index >= 15 is 0 Å². The average molecular weight is 638 g/mol. The van der Waals surface area contributed by atoms with Gasteiger partial charge in [0, 0.05) is 68.8 Å². The number of nitrogens with zero attached hydrogens (tertiary/aromatic N) is 4. The van der Waals surface area contributed by atoms with E-state index in [9.17, 15) is 8.78 Å². The fourth-order valence-electron chi connectivity index (χ4n) is 6.10. The molecule has 0 amide bonds. The van der Waals surface area contributed by atoms with Crippen LogP contribution in [0.2, 0.25) is 0 Å². The van der Waals surface area contributed by atoms with E-state index in [4.69, 9.17) is 4.98 Å². The van der Waals surface area contributed by atoms with E-state index in [2.05, 4.69) is 78.1 Å². The number of aromatic nitrogens is 1. The van der Waals surface area contributed by atoms with Gasteiger partial charge >= 0.3 is 0 Å². The lowest BCUT2D eigenvalue weighted by molar-refractivity contribution is 0.107. The Labute approximate surface area is 279 Å². The first-order valence-corrected chi connectivity index (χ1v) is 17.5. The van der Waals surface area contributed by atoms with Crippen molar-refractivity contribution in [3.05, 3.63) is 87.7 Å². The summed E-state index contributed by atoms with van der Waals surface area (Å²) in [6, 6.07) is 9.48. The molecule has 7 heteroatoms. The fraction of sp³-hybridized carbons (Fsp3) is 0.564. The first-order valence-electron chi connectivity index (χ1n) is 17.5. The zero-order valence-corrected chi connectivity index (χ0v) is 30.4. The Morgan fingerprint density at radius 3 is 2.11 bits per heavy atom. The topological polar surface area (TPSA) is 34.6 Å². The minimum absolute atomic E-state index is 0.448. The van der Waals surface area contributed by atoms with E-state index in [1.165, 1.54) is 29.2 Å². The number of piperazine rings is 1. The van der Waals surface area contributed by atoms with E-state index in [1.54, 1.807) is 6.92 Å². The van der Waals surface area contributed by atoms with Crippen molar-refractivity contribution >= 4 is 11.5 Å². The van der Waals surface area contributed by atoms with Crippen LogP contribution in [0.1, 0.15) is 95.5 Å². The summed E-state index contributed by atoms with van der Waals surface area (Å²) >= 11 is 0. The zero-order chi connectivity index (χ0) is 34.2. The molecule has 0 radical (unpaired) electrons. The van der Waals surface area contributed by atoms with Crippen LogP contribution in [0.15, 0.2) is 59.8 Å². The Bertz CT molecular complexity index is 1300. The molecule has 256 valence electrons. The van der Waals surface area contributed by atoms with Crippen LogP contribution in [0.4, 0.5) is 14.6 Å². The summed E-state index contributed by atoms with van der Waals surface area (Å²) in [5, 5.41) is 3.65. The summed E-state index contributed by atoms with van der Waals surface area (Å²) in [7, 11) is 0. The number of anilines is 1. The predicted molar refractivity (Wildman–Crippen MR) is 195 cm³/mol. The third-order valence-electron chi connectivity index (χ3n) is 8.71. The maximum absolute atomic E-state index is 14.1. The van der Waals surface area contributed by atoms with E-state index in [-0.39, 0.29) is 0 Å². The SMILES string of the molecule is CC.CC.CC/C=C(/NCc1ccc(C)c(C)c1)c1cnc(N2CCN(C3CCN(C/C(C)=C(F)/C=C(\C)F)CC3)CC2)c(C)c1. The van der Waals surface area contributed by atoms with Gasteiger partial charge < -0.3 is 10.2 Å². The van der Waals surface area contributed by atoms with Crippen LogP contribution in [0.5, 0.6) is 0 Å². The molecule has 2 saturated heterocycles. The molecule has 0 saturated carbocycles. The molecule has 0 atom stereocenters. The molecule has 4 rings (SSSR count). The number of hydrogen-bond acceptors (Lipinski definition) is 5. The van der Waals surface area contributed by atoms with E-state index in [0.29, 0.717) is 18.2 Å². The number of benzene rings is 1. The summed E-state index contributed by atoms with van der Waals surface area (Å²) in [6.07, 6.45) is 8.37. The molecule has 2 aliphatic rings. The van der Waals surface area contributed by atoms with Crippen LogP contribution in [0, 0.1) is 20.8 Å². The summed E-state index contributed by atoms with van der Waals surface area (Å²) in [4.78, 5) is 12.3. The minimum Gasteiger partial charge on any atom is -0.381 e. The van der Waals surface area contributed by atoms with Crippen LogP contribution in [-0.2, 0) is 6.54 Å². The normalized spacial score (nSPS) is 17.4. The number of allylic oxidation sites excluding steroid dienone is 4. The van der Waals surface area contributed by atoms with Crippen molar-refractivity contribution in [1.29, 1.82) is 0 Å². The maximum atomic E-state index is 14.1. The van der Waals surface area contributed by atoms with Gasteiger partial charge in [0.25, 0.3) is 0 Å². The second kappa shape index (κ2) is 20.3. The van der Waals surface area contributed by atoms with Gasteiger partial charge in [-0.15, -0.1) is 0 Å². The van der Waals surface area contributed by atoms with Crippen molar-refractivity contribution in [1.82, 2.24) is 20.1 Å². The molecule has 1 N–H and O–H groups in total. The van der Waals surface area contributed by atoms with Crippen molar-refractivity contribution in [2.45, 2.75) is 101 Å². The highest BCUT2D eigenvalue weighted by atomic mass is 19.1. The number of piperidine rings is 1. The lowest BCUT2D eigenvalue weighted by Crippen LogP contribution is -2.53. The molecule has 0 spiro atoms. The number of halogens is 2. The van der Waals surface area contributed by atoms with Crippen LogP contribution >= 0.6 is 0 Å². The lowest BCUT2D eigenvalue weighted by Gasteiger charge is -2.43. The number of aryl methyl sites for hydroxylation is 3. The highest BCUT2D eigenvalue weighted by Gasteiger charge is 2.28. The van der Waals surface area contributed by atoms with Crippen molar-refractivity contribution in [2.75, 3.05) is 50.7 Å². The number of pyridine rings is 1. The highest BCUT2D eigenvalue weighted by molar-refractivity contribution is 5.66. The number of rotatable bonds is 10. The van der Waals surface area contributed by atoms with Crippen LogP contribution in [0.25, 0.3) is 5.70 Å². The summed E-state index contributed by atoms with van der Waals surface area (Å²) in [6.45, 7) is 26.9. The van der Waals surface area contributed by atoms with E-state index in [1.807, 2.05) is 33.9 Å². The van der Waals surface area contributed by atoms with Crippen LogP contribution in [0.3, 0.4) is 0 Å². The van der Waals surface area contributed by atoms with E-state index in [0.717, 1.165) is 88.2 Å². The zero-order valence-electron chi connectivity index (χ0n) is 30.4. The average Bonchev–Trinajstić information content (AvgIpc) is 3.06. The third-order valence-corrected chi connectivity index (χ3v) is 8.71. The number of nitrogens with one attached hydrogen (secondary N) is 1. The molecule has 2 fully saturated rings. The molecule has 1 aromatic carbocycles. The summed E-state index contributed by atoms with van der Waals surface area (Å²) in [5.41, 5.74) is 8.00. The Morgan fingerprint density at radius 1 is 0.891 bits per heavy atom. The van der Waals surface area contributed by atoms with E-state index < -0.39 is 11.7 Å². The van der Waals surface area contributed by atoms with Gasteiger partial charge in [0.1, 0.15) is 11.6 Å². The second-order valence-electron chi connectivity index (χ2n) is 12.1. The summed E-state index contributed by atoms with van der Waals surface area (Å²) < 4.78 is 27.1. The number of hydrogen-bond donors (Lipinski definition) is 1. The van der Waals surface area contributed by atoms with Gasteiger partial charge in [0.05, 0.1) is 5.83 Å². The quantitative estimate of drug-likeness (QED) is 0.263. The van der Waals surface area contributed by atoms with Crippen molar-refractivity contribution in [2.24, 2.45) is 0 Å². The summed E-state index contributed by atoms with van der Waals surface area (Å²) in [5.74, 6) is 0.140. The largest absolute Gasteiger partial charge is 0.381 e. The Morgan fingerprint density at radius 2 is 1.54 bits per heavy atom. The fourth-order valence-corrected chi connectivity index (χ4v) is 6.10. The van der Waals surface area contributed by atoms with Gasteiger partial charge in [0.2, 0.25) is 0 Å². The molecule has 2 aromatic rings. The van der Waals surface area contributed by atoms with Gasteiger partial charge in [-0.25, -0.2) is 13.8 Å². The van der Waals surface area contributed by atoms with Gasteiger partial charge in [-0.05, 0) is 101 Å². The number of likely N-dealkylation sites (tertiary alicyclic amines) is 1. The molecule has 46 heavy (non-hydrogen) atoms.